The number of fused-ring (bicyclic) bond motifs is 5. The number of carbonyl (C=O) groups is 1. The first kappa shape index (κ1) is 22.4. The first-order valence-corrected chi connectivity index (χ1v) is 12.5. The van der Waals surface area contributed by atoms with Crippen LogP contribution in [0, 0.1) is 45.3 Å². The van der Waals surface area contributed by atoms with Crippen LogP contribution in [-0.4, -0.2) is 22.3 Å². The van der Waals surface area contributed by atoms with E-state index in [2.05, 4.69) is 47.6 Å². The Morgan fingerprint density at radius 1 is 1.10 bits per heavy atom. The Labute approximate surface area is 183 Å². The molecular weight excluding hydrogens is 372 g/mol. The molecule has 3 heteroatoms. The third kappa shape index (κ3) is 2.90. The molecule has 0 amide bonds. The zero-order chi connectivity index (χ0) is 22.1. The minimum Gasteiger partial charge on any atom is -0.481 e. The fourth-order valence-electron chi connectivity index (χ4n) is 9.21. The van der Waals surface area contributed by atoms with Crippen LogP contribution in [0.2, 0.25) is 0 Å². The molecule has 0 aromatic carbocycles. The van der Waals surface area contributed by atoms with E-state index in [1.165, 1.54) is 25.7 Å². The molecule has 0 spiro atoms. The highest BCUT2D eigenvalue weighted by atomic mass is 16.4. The molecule has 0 aromatic rings. The number of hydrogen-bond acceptors (Lipinski definition) is 2. The van der Waals surface area contributed by atoms with Gasteiger partial charge >= 0.3 is 5.97 Å². The second-order valence-electron chi connectivity index (χ2n) is 12.7. The summed E-state index contributed by atoms with van der Waals surface area (Å²) >= 11 is 0. The zero-order valence-corrected chi connectivity index (χ0v) is 20.1. The summed E-state index contributed by atoms with van der Waals surface area (Å²) in [5.74, 6) is 1.64. The van der Waals surface area contributed by atoms with E-state index >= 15 is 0 Å². The number of carboxylic acid groups (broad SMARTS) is 1. The van der Waals surface area contributed by atoms with Crippen LogP contribution in [0.3, 0.4) is 0 Å². The number of aliphatic hydroxyl groups is 1. The van der Waals surface area contributed by atoms with Crippen LogP contribution in [0.5, 0.6) is 0 Å². The average molecular weight is 417 g/mol. The Hall–Kier alpha value is -0.830. The molecule has 4 aliphatic rings. The molecule has 2 N–H and O–H groups in total. The summed E-state index contributed by atoms with van der Waals surface area (Å²) < 4.78 is 0. The van der Waals surface area contributed by atoms with Gasteiger partial charge in [-0.1, -0.05) is 53.2 Å². The number of hydrogen-bond donors (Lipinski definition) is 2. The minimum atomic E-state index is -0.660. The van der Waals surface area contributed by atoms with Crippen molar-refractivity contribution in [2.45, 2.75) is 105 Å². The Morgan fingerprint density at radius 3 is 2.47 bits per heavy atom. The number of carboxylic acids is 1. The van der Waals surface area contributed by atoms with Gasteiger partial charge in [0.15, 0.2) is 0 Å². The van der Waals surface area contributed by atoms with E-state index in [1.54, 1.807) is 5.57 Å². The van der Waals surface area contributed by atoms with Gasteiger partial charge in [-0.25, -0.2) is 0 Å². The van der Waals surface area contributed by atoms with Crippen molar-refractivity contribution < 1.29 is 15.0 Å². The maximum Gasteiger partial charge on any atom is 0.303 e. The molecule has 3 fully saturated rings. The maximum atomic E-state index is 11.2. The lowest BCUT2D eigenvalue weighted by atomic mass is 9.41. The predicted molar refractivity (Wildman–Crippen MR) is 121 cm³/mol. The Morgan fingerprint density at radius 2 is 1.80 bits per heavy atom. The fraction of sp³-hybridized carbons (Fsp3) is 0.889. The highest BCUT2D eigenvalue weighted by molar-refractivity contribution is 5.66. The van der Waals surface area contributed by atoms with Crippen LogP contribution in [0.25, 0.3) is 0 Å². The molecule has 4 rings (SSSR count). The lowest BCUT2D eigenvalue weighted by Gasteiger charge is -2.64. The zero-order valence-electron chi connectivity index (χ0n) is 20.1. The summed E-state index contributed by atoms with van der Waals surface area (Å²) in [5, 5.41) is 19.9. The summed E-state index contributed by atoms with van der Waals surface area (Å²) in [6.45, 7) is 14.5. The normalized spacial score (nSPS) is 48.2. The summed E-state index contributed by atoms with van der Waals surface area (Å²) in [5.41, 5.74) is 2.53. The van der Waals surface area contributed by atoms with E-state index in [4.69, 9.17) is 0 Å². The van der Waals surface area contributed by atoms with Gasteiger partial charge in [0.05, 0.1) is 6.10 Å². The monoisotopic (exact) mass is 416 g/mol. The number of aliphatic hydroxyl groups excluding tert-OH is 1. The SMILES string of the molecule is CC(CCC(=O)O)C1CCC2(C)C3=CCC4C(C)(C)C(O)CCC4(C)C3CCC12C. The van der Waals surface area contributed by atoms with Crippen molar-refractivity contribution in [1.29, 1.82) is 0 Å². The van der Waals surface area contributed by atoms with Crippen molar-refractivity contribution in [1.82, 2.24) is 0 Å². The van der Waals surface area contributed by atoms with Crippen LogP contribution in [0.15, 0.2) is 11.6 Å². The molecule has 0 heterocycles. The molecule has 8 atom stereocenters. The lowest BCUT2D eigenvalue weighted by molar-refractivity contribution is -0.137. The van der Waals surface area contributed by atoms with E-state index in [1.807, 2.05) is 0 Å². The molecule has 0 bridgehead atoms. The van der Waals surface area contributed by atoms with E-state index < -0.39 is 5.97 Å². The van der Waals surface area contributed by atoms with Crippen molar-refractivity contribution in [2.75, 3.05) is 0 Å². The second kappa shape index (κ2) is 7.09. The second-order valence-corrected chi connectivity index (χ2v) is 12.7. The summed E-state index contributed by atoms with van der Waals surface area (Å²) in [6.07, 6.45) is 11.7. The Bertz CT molecular complexity index is 738. The fourth-order valence-corrected chi connectivity index (χ4v) is 9.21. The van der Waals surface area contributed by atoms with Crippen molar-refractivity contribution in [3.8, 4) is 0 Å². The molecule has 3 saturated carbocycles. The number of aliphatic carboxylic acids is 1. The maximum absolute atomic E-state index is 11.2. The molecule has 3 nitrogen and oxygen atoms in total. The Kier molecular flexibility index (Phi) is 5.28. The van der Waals surface area contributed by atoms with Gasteiger partial charge < -0.3 is 10.2 Å². The van der Waals surface area contributed by atoms with Gasteiger partial charge in [-0.2, -0.15) is 0 Å². The number of allylic oxidation sites excluding steroid dienone is 2. The third-order valence-electron chi connectivity index (χ3n) is 11.4. The van der Waals surface area contributed by atoms with Crippen molar-refractivity contribution in [3.05, 3.63) is 11.6 Å². The highest BCUT2D eigenvalue weighted by Crippen LogP contribution is 2.73. The van der Waals surface area contributed by atoms with E-state index in [9.17, 15) is 15.0 Å². The van der Waals surface area contributed by atoms with Gasteiger partial charge in [0, 0.05) is 6.42 Å². The summed E-state index contributed by atoms with van der Waals surface area (Å²) in [6, 6.07) is 0. The molecule has 0 radical (unpaired) electrons. The smallest absolute Gasteiger partial charge is 0.303 e. The molecule has 4 aliphatic carbocycles. The van der Waals surface area contributed by atoms with Crippen LogP contribution >= 0.6 is 0 Å². The van der Waals surface area contributed by atoms with E-state index in [0.717, 1.165) is 25.7 Å². The summed E-state index contributed by atoms with van der Waals surface area (Å²) in [7, 11) is 0. The van der Waals surface area contributed by atoms with Gasteiger partial charge in [-0.15, -0.1) is 0 Å². The minimum absolute atomic E-state index is 0.0136. The highest BCUT2D eigenvalue weighted by Gasteiger charge is 2.65. The first-order chi connectivity index (χ1) is 13.9. The van der Waals surface area contributed by atoms with Gasteiger partial charge in [-0.05, 0) is 96.7 Å². The van der Waals surface area contributed by atoms with Gasteiger partial charge in [0.25, 0.3) is 0 Å². The lowest BCUT2D eigenvalue weighted by Crippen LogP contribution is -2.58. The summed E-state index contributed by atoms with van der Waals surface area (Å²) in [4.78, 5) is 11.2. The van der Waals surface area contributed by atoms with Gasteiger partial charge in [0.2, 0.25) is 0 Å². The Balaban J connectivity index is 1.66. The molecular formula is C27H44O3. The van der Waals surface area contributed by atoms with Crippen molar-refractivity contribution in [3.63, 3.8) is 0 Å². The average Bonchev–Trinajstić information content (AvgIpc) is 2.95. The topological polar surface area (TPSA) is 57.5 Å². The molecule has 0 aliphatic heterocycles. The standard InChI is InChI=1S/C27H44O3/c1-17(7-10-23(29)30)18-11-15-27(6)20-8-9-21-24(2,3)22(28)13-14-25(21,4)19(20)12-16-26(18,27)5/h8,17-19,21-22,28H,7,9-16H2,1-6H3,(H,29,30). The third-order valence-corrected chi connectivity index (χ3v) is 11.4. The molecule has 170 valence electrons. The molecule has 8 unspecified atom stereocenters. The van der Waals surface area contributed by atoms with E-state index in [-0.39, 0.29) is 22.3 Å². The van der Waals surface area contributed by atoms with Crippen molar-refractivity contribution in [2.24, 2.45) is 45.3 Å². The number of rotatable bonds is 4. The van der Waals surface area contributed by atoms with Crippen LogP contribution < -0.4 is 0 Å². The van der Waals surface area contributed by atoms with E-state index in [0.29, 0.717) is 35.5 Å². The largest absolute Gasteiger partial charge is 0.481 e. The first-order valence-electron chi connectivity index (χ1n) is 12.5. The predicted octanol–water partition coefficient (Wildman–Crippen LogP) is 6.45. The van der Waals surface area contributed by atoms with Crippen LogP contribution in [0.1, 0.15) is 99.3 Å². The molecule has 0 aromatic heterocycles. The molecule has 0 saturated heterocycles. The quantitative estimate of drug-likeness (QED) is 0.518. The van der Waals surface area contributed by atoms with Gasteiger partial charge in [0.1, 0.15) is 0 Å². The van der Waals surface area contributed by atoms with Gasteiger partial charge in [-0.3, -0.25) is 4.79 Å². The van der Waals surface area contributed by atoms with Crippen LogP contribution in [0.4, 0.5) is 0 Å². The molecule has 30 heavy (non-hydrogen) atoms. The van der Waals surface area contributed by atoms with Crippen LogP contribution in [-0.2, 0) is 4.79 Å². The van der Waals surface area contributed by atoms with Crippen molar-refractivity contribution >= 4 is 5.97 Å².